The van der Waals surface area contributed by atoms with E-state index >= 15 is 0 Å². The highest BCUT2D eigenvalue weighted by Crippen LogP contribution is 2.32. The van der Waals surface area contributed by atoms with Crippen LogP contribution in [0.2, 0.25) is 0 Å². The topological polar surface area (TPSA) is 58.6 Å². The molecule has 114 valence electrons. The Balaban J connectivity index is 2.34. The van der Waals surface area contributed by atoms with Crippen molar-refractivity contribution in [3.05, 3.63) is 23.8 Å². The van der Waals surface area contributed by atoms with Crippen molar-refractivity contribution >= 4 is 35.9 Å². The van der Waals surface area contributed by atoms with E-state index in [0.717, 1.165) is 11.4 Å². The molecule has 1 unspecified atom stereocenters. The van der Waals surface area contributed by atoms with Gasteiger partial charge in [-0.2, -0.15) is 12.6 Å². The van der Waals surface area contributed by atoms with Gasteiger partial charge in [-0.05, 0) is 36.8 Å². The standard InChI is InChI=1S/C15H20N2O3S/c1-3-20-15(19)11-4-5-12(16-2)13(7-11)17-8-10(9-21)6-14(17)18/h4-5,7,10,16,21H,3,6,8-9H2,1-2H3. The number of amides is 1. The summed E-state index contributed by atoms with van der Waals surface area (Å²) in [5.74, 6) is 0.608. The highest BCUT2D eigenvalue weighted by Gasteiger charge is 2.31. The summed E-state index contributed by atoms with van der Waals surface area (Å²) in [5, 5.41) is 3.06. The molecule has 0 aliphatic carbocycles. The lowest BCUT2D eigenvalue weighted by Gasteiger charge is -2.21. The maximum absolute atomic E-state index is 12.2. The van der Waals surface area contributed by atoms with Crippen LogP contribution in [0.4, 0.5) is 11.4 Å². The van der Waals surface area contributed by atoms with Crippen molar-refractivity contribution in [1.29, 1.82) is 0 Å². The summed E-state index contributed by atoms with van der Waals surface area (Å²) in [6, 6.07) is 5.20. The largest absolute Gasteiger partial charge is 0.462 e. The van der Waals surface area contributed by atoms with Crippen LogP contribution in [0.25, 0.3) is 0 Å². The van der Waals surface area contributed by atoms with Crippen LogP contribution in [-0.2, 0) is 9.53 Å². The number of esters is 1. The van der Waals surface area contributed by atoms with Crippen LogP contribution in [0.3, 0.4) is 0 Å². The fraction of sp³-hybridized carbons (Fsp3) is 0.467. The van der Waals surface area contributed by atoms with Gasteiger partial charge in [-0.25, -0.2) is 4.79 Å². The number of carbonyl (C=O) groups is 2. The van der Waals surface area contributed by atoms with Crippen molar-refractivity contribution in [2.75, 3.05) is 36.2 Å². The molecule has 0 aromatic heterocycles. The number of carbonyl (C=O) groups excluding carboxylic acids is 2. The van der Waals surface area contributed by atoms with Crippen LogP contribution in [0.5, 0.6) is 0 Å². The molecule has 1 aliphatic rings. The molecule has 1 heterocycles. The molecule has 6 heteroatoms. The van der Waals surface area contributed by atoms with Gasteiger partial charge in [0.25, 0.3) is 0 Å². The van der Waals surface area contributed by atoms with Gasteiger partial charge >= 0.3 is 5.97 Å². The zero-order valence-electron chi connectivity index (χ0n) is 12.3. The lowest BCUT2D eigenvalue weighted by Crippen LogP contribution is -2.26. The quantitative estimate of drug-likeness (QED) is 0.647. The Kier molecular flexibility index (Phi) is 5.12. The Morgan fingerprint density at radius 2 is 2.29 bits per heavy atom. The second kappa shape index (κ2) is 6.85. The minimum Gasteiger partial charge on any atom is -0.462 e. The predicted octanol–water partition coefficient (Wildman–Crippen LogP) is 2.19. The normalized spacial score (nSPS) is 18.0. The van der Waals surface area contributed by atoms with Crippen molar-refractivity contribution in [1.82, 2.24) is 0 Å². The summed E-state index contributed by atoms with van der Waals surface area (Å²) in [5.41, 5.74) is 1.99. The third-order valence-electron chi connectivity index (χ3n) is 3.53. The van der Waals surface area contributed by atoms with Gasteiger partial charge in [0.05, 0.1) is 23.5 Å². The van der Waals surface area contributed by atoms with Gasteiger partial charge in [-0.15, -0.1) is 0 Å². The lowest BCUT2D eigenvalue weighted by molar-refractivity contribution is -0.117. The van der Waals surface area contributed by atoms with Gasteiger partial charge in [0, 0.05) is 20.0 Å². The number of hydrogen-bond donors (Lipinski definition) is 2. The van der Waals surface area contributed by atoms with Crippen LogP contribution >= 0.6 is 12.6 Å². The number of ether oxygens (including phenoxy) is 1. The smallest absolute Gasteiger partial charge is 0.338 e. The minimum absolute atomic E-state index is 0.0616. The number of rotatable bonds is 5. The van der Waals surface area contributed by atoms with Crippen molar-refractivity contribution in [2.24, 2.45) is 5.92 Å². The van der Waals surface area contributed by atoms with Crippen molar-refractivity contribution < 1.29 is 14.3 Å². The van der Waals surface area contributed by atoms with E-state index in [2.05, 4.69) is 17.9 Å². The van der Waals surface area contributed by atoms with Crippen molar-refractivity contribution in [3.63, 3.8) is 0 Å². The summed E-state index contributed by atoms with van der Waals surface area (Å²) in [4.78, 5) is 25.7. The second-order valence-corrected chi connectivity index (χ2v) is 5.32. The van der Waals surface area contributed by atoms with E-state index in [4.69, 9.17) is 4.74 Å². The fourth-order valence-corrected chi connectivity index (χ4v) is 2.69. The van der Waals surface area contributed by atoms with Crippen LogP contribution in [0.15, 0.2) is 18.2 Å². The highest BCUT2D eigenvalue weighted by molar-refractivity contribution is 7.80. The van der Waals surface area contributed by atoms with E-state index in [0.29, 0.717) is 30.9 Å². The van der Waals surface area contributed by atoms with Crippen LogP contribution < -0.4 is 10.2 Å². The predicted molar refractivity (Wildman–Crippen MR) is 86.3 cm³/mol. The molecular weight excluding hydrogens is 288 g/mol. The Morgan fingerprint density at radius 1 is 1.52 bits per heavy atom. The first kappa shape index (κ1) is 15.7. The molecule has 0 saturated carbocycles. The average Bonchev–Trinajstić information content (AvgIpc) is 2.87. The first-order chi connectivity index (χ1) is 10.1. The lowest BCUT2D eigenvalue weighted by atomic mass is 10.1. The van der Waals surface area contributed by atoms with E-state index in [9.17, 15) is 9.59 Å². The number of nitrogens with one attached hydrogen (secondary N) is 1. The molecule has 21 heavy (non-hydrogen) atoms. The molecule has 0 radical (unpaired) electrons. The molecule has 1 aliphatic heterocycles. The van der Waals surface area contributed by atoms with Gasteiger partial charge in [0.2, 0.25) is 5.91 Å². The third-order valence-corrected chi connectivity index (χ3v) is 4.05. The Bertz CT molecular complexity index is 548. The number of thiol groups is 1. The van der Waals surface area contributed by atoms with Gasteiger partial charge in [-0.1, -0.05) is 0 Å². The second-order valence-electron chi connectivity index (χ2n) is 4.96. The fourth-order valence-electron chi connectivity index (χ4n) is 2.44. The molecule has 1 N–H and O–H groups in total. The number of anilines is 2. The van der Waals surface area contributed by atoms with E-state index in [1.54, 1.807) is 37.1 Å². The molecular formula is C15H20N2O3S. The number of nitrogens with zero attached hydrogens (tertiary/aromatic N) is 1. The summed E-state index contributed by atoms with van der Waals surface area (Å²) in [6.07, 6.45) is 0.496. The first-order valence-electron chi connectivity index (χ1n) is 7.00. The molecule has 1 atom stereocenters. The molecule has 1 fully saturated rings. The summed E-state index contributed by atoms with van der Waals surface area (Å²) >= 11 is 4.27. The van der Waals surface area contributed by atoms with Crippen LogP contribution in [0.1, 0.15) is 23.7 Å². The third kappa shape index (κ3) is 3.32. The van der Waals surface area contributed by atoms with Gasteiger partial charge in [-0.3, -0.25) is 4.79 Å². The maximum Gasteiger partial charge on any atom is 0.338 e. The van der Waals surface area contributed by atoms with Crippen LogP contribution in [0, 0.1) is 5.92 Å². The van der Waals surface area contributed by atoms with Gasteiger partial charge in [0.15, 0.2) is 0 Å². The Labute approximate surface area is 130 Å². The van der Waals surface area contributed by atoms with Crippen molar-refractivity contribution in [2.45, 2.75) is 13.3 Å². The Hall–Kier alpha value is -1.69. The SMILES string of the molecule is CCOC(=O)c1ccc(NC)c(N2CC(CS)CC2=O)c1. The van der Waals surface area contributed by atoms with E-state index in [-0.39, 0.29) is 17.8 Å². The molecule has 5 nitrogen and oxygen atoms in total. The van der Waals surface area contributed by atoms with E-state index in [1.165, 1.54) is 0 Å². The monoisotopic (exact) mass is 308 g/mol. The first-order valence-corrected chi connectivity index (χ1v) is 7.64. The minimum atomic E-state index is -0.376. The zero-order chi connectivity index (χ0) is 15.4. The molecule has 1 aromatic rings. The molecule has 0 spiro atoms. The molecule has 2 rings (SSSR count). The molecule has 1 aromatic carbocycles. The zero-order valence-corrected chi connectivity index (χ0v) is 13.2. The summed E-state index contributed by atoms with van der Waals surface area (Å²) in [7, 11) is 1.79. The summed E-state index contributed by atoms with van der Waals surface area (Å²) < 4.78 is 5.01. The summed E-state index contributed by atoms with van der Waals surface area (Å²) in [6.45, 7) is 2.72. The van der Waals surface area contributed by atoms with Crippen LogP contribution in [-0.4, -0.2) is 37.8 Å². The average molecular weight is 308 g/mol. The van der Waals surface area contributed by atoms with E-state index in [1.807, 2.05) is 0 Å². The van der Waals surface area contributed by atoms with E-state index < -0.39 is 0 Å². The Morgan fingerprint density at radius 3 is 2.86 bits per heavy atom. The van der Waals surface area contributed by atoms with Crippen molar-refractivity contribution in [3.8, 4) is 0 Å². The van der Waals surface area contributed by atoms with Gasteiger partial charge in [0.1, 0.15) is 0 Å². The molecule has 1 saturated heterocycles. The maximum atomic E-state index is 12.2. The molecule has 1 amide bonds. The number of benzene rings is 1. The number of hydrogen-bond acceptors (Lipinski definition) is 5. The molecule has 0 bridgehead atoms. The highest BCUT2D eigenvalue weighted by atomic mass is 32.1. The van der Waals surface area contributed by atoms with Gasteiger partial charge < -0.3 is 15.0 Å².